The molecule has 2 atom stereocenters. The number of ether oxygens (including phenoxy) is 2. The zero-order valence-electron chi connectivity index (χ0n) is 17.9. The van der Waals surface area contributed by atoms with E-state index in [0.29, 0.717) is 36.1 Å². The molecule has 0 aromatic carbocycles. The largest absolute Gasteiger partial charge is 0.493 e. The van der Waals surface area contributed by atoms with Crippen LogP contribution < -0.4 is 4.74 Å². The molecule has 0 aliphatic carbocycles. The van der Waals surface area contributed by atoms with Crippen molar-refractivity contribution in [2.75, 3.05) is 19.8 Å². The van der Waals surface area contributed by atoms with Gasteiger partial charge in [0.2, 0.25) is 0 Å². The van der Waals surface area contributed by atoms with Gasteiger partial charge >= 0.3 is 6.18 Å². The summed E-state index contributed by atoms with van der Waals surface area (Å²) in [6.45, 7) is 5.79. The van der Waals surface area contributed by atoms with Crippen molar-refractivity contribution in [3.63, 3.8) is 0 Å². The van der Waals surface area contributed by atoms with Crippen molar-refractivity contribution in [2.24, 2.45) is 5.92 Å². The number of halogens is 3. The monoisotopic (exact) mass is 447 g/mol. The highest BCUT2D eigenvalue weighted by atomic mass is 19.4. The first-order valence-corrected chi connectivity index (χ1v) is 10.6. The number of carbonyl (C=O) groups excluding carboxylic acids is 1. The number of rotatable bonds is 7. The molecule has 0 N–H and O–H groups in total. The van der Waals surface area contributed by atoms with Crippen LogP contribution in [0.3, 0.4) is 0 Å². The molecule has 0 saturated carbocycles. The molecule has 4 heterocycles. The Morgan fingerprint density at radius 1 is 1.31 bits per heavy atom. The number of hydrogen-bond acceptors (Lipinski definition) is 5. The molecule has 0 radical (unpaired) electrons. The fourth-order valence-corrected chi connectivity index (χ4v) is 3.92. The molecule has 32 heavy (non-hydrogen) atoms. The second kappa shape index (κ2) is 8.90. The van der Waals surface area contributed by atoms with Crippen LogP contribution in [0.15, 0.2) is 36.7 Å². The molecule has 0 unspecified atom stereocenters. The van der Waals surface area contributed by atoms with Crippen LogP contribution in [0.1, 0.15) is 53.6 Å². The number of hydrogen-bond donors (Lipinski definition) is 0. The van der Waals surface area contributed by atoms with Gasteiger partial charge in [-0.1, -0.05) is 13.0 Å². The van der Waals surface area contributed by atoms with Gasteiger partial charge in [-0.25, -0.2) is 9.97 Å². The predicted octanol–water partition coefficient (Wildman–Crippen LogP) is 4.71. The van der Waals surface area contributed by atoms with E-state index >= 15 is 0 Å². The lowest BCUT2D eigenvalue weighted by Gasteiger charge is -2.14. The SMILES string of the molecule is CCOc1cc2nc([C@H](C)[C@@H]3CCOC3)cn2cc1CC(=O)c1cccc(C(F)(F)F)n1. The van der Waals surface area contributed by atoms with Crippen LogP contribution in [0.5, 0.6) is 5.75 Å². The third-order valence-corrected chi connectivity index (χ3v) is 5.77. The van der Waals surface area contributed by atoms with Crippen LogP contribution in [0, 0.1) is 5.92 Å². The van der Waals surface area contributed by atoms with E-state index in [9.17, 15) is 18.0 Å². The molecule has 1 aliphatic heterocycles. The molecular formula is C23H24F3N3O3. The van der Waals surface area contributed by atoms with Crippen molar-refractivity contribution < 1.29 is 27.4 Å². The Morgan fingerprint density at radius 2 is 2.12 bits per heavy atom. The zero-order chi connectivity index (χ0) is 22.9. The van der Waals surface area contributed by atoms with E-state index in [1.807, 2.05) is 17.5 Å². The minimum Gasteiger partial charge on any atom is -0.493 e. The summed E-state index contributed by atoms with van der Waals surface area (Å²) in [5, 5.41) is 0. The molecule has 6 nitrogen and oxygen atoms in total. The Labute approximate surface area is 183 Å². The van der Waals surface area contributed by atoms with Gasteiger partial charge in [-0.05, 0) is 31.4 Å². The number of ketones is 1. The van der Waals surface area contributed by atoms with Crippen molar-refractivity contribution >= 4 is 11.4 Å². The molecule has 3 aromatic heterocycles. The first-order chi connectivity index (χ1) is 15.3. The van der Waals surface area contributed by atoms with Crippen molar-refractivity contribution in [2.45, 2.75) is 38.8 Å². The molecular weight excluding hydrogens is 423 g/mol. The van der Waals surface area contributed by atoms with Crippen LogP contribution in [0.2, 0.25) is 0 Å². The van der Waals surface area contributed by atoms with Crippen molar-refractivity contribution in [3.05, 3.63) is 59.3 Å². The maximum absolute atomic E-state index is 13.0. The van der Waals surface area contributed by atoms with Gasteiger partial charge in [0, 0.05) is 43.0 Å². The summed E-state index contributed by atoms with van der Waals surface area (Å²) in [6.07, 6.45) is -0.0905. The topological polar surface area (TPSA) is 65.7 Å². The lowest BCUT2D eigenvalue weighted by atomic mass is 9.91. The molecule has 170 valence electrons. The number of pyridine rings is 2. The first-order valence-electron chi connectivity index (χ1n) is 10.6. The van der Waals surface area contributed by atoms with Gasteiger partial charge in [-0.2, -0.15) is 13.2 Å². The summed E-state index contributed by atoms with van der Waals surface area (Å²) in [5.41, 5.74) is 0.842. The smallest absolute Gasteiger partial charge is 0.433 e. The summed E-state index contributed by atoms with van der Waals surface area (Å²) in [7, 11) is 0. The number of fused-ring (bicyclic) bond motifs is 1. The van der Waals surface area contributed by atoms with Gasteiger partial charge in [0.15, 0.2) is 5.78 Å². The molecule has 0 bridgehead atoms. The van der Waals surface area contributed by atoms with E-state index in [0.717, 1.165) is 24.8 Å². The Kier molecular flexibility index (Phi) is 6.19. The molecule has 1 saturated heterocycles. The summed E-state index contributed by atoms with van der Waals surface area (Å²) in [4.78, 5) is 21.0. The minimum atomic E-state index is -4.61. The van der Waals surface area contributed by atoms with Gasteiger partial charge in [0.25, 0.3) is 0 Å². The van der Waals surface area contributed by atoms with E-state index in [1.54, 1.807) is 12.3 Å². The van der Waals surface area contributed by atoms with E-state index in [-0.39, 0.29) is 18.0 Å². The summed E-state index contributed by atoms with van der Waals surface area (Å²) in [5.74, 6) is 0.578. The lowest BCUT2D eigenvalue weighted by molar-refractivity contribution is -0.141. The quantitative estimate of drug-likeness (QED) is 0.491. The number of nitrogens with zero attached hydrogens (tertiary/aromatic N) is 3. The molecule has 9 heteroatoms. The molecule has 1 aliphatic rings. The van der Waals surface area contributed by atoms with Crippen LogP contribution in [0.25, 0.3) is 5.65 Å². The number of carbonyl (C=O) groups is 1. The fraction of sp³-hybridized carbons (Fsp3) is 0.435. The second-order valence-electron chi connectivity index (χ2n) is 7.95. The average molecular weight is 447 g/mol. The van der Waals surface area contributed by atoms with Crippen LogP contribution in [0.4, 0.5) is 13.2 Å². The first kappa shape index (κ1) is 22.3. The number of alkyl halides is 3. The van der Waals surface area contributed by atoms with Crippen LogP contribution >= 0.6 is 0 Å². The molecule has 0 spiro atoms. The van der Waals surface area contributed by atoms with Gasteiger partial charge < -0.3 is 13.9 Å². The Balaban J connectivity index is 1.63. The molecule has 1 fully saturated rings. The Hall–Kier alpha value is -2.94. The Morgan fingerprint density at radius 3 is 2.81 bits per heavy atom. The fourth-order valence-electron chi connectivity index (χ4n) is 3.92. The second-order valence-corrected chi connectivity index (χ2v) is 7.95. The summed E-state index contributed by atoms with van der Waals surface area (Å²) < 4.78 is 51.9. The molecule has 3 aromatic rings. The maximum atomic E-state index is 13.0. The third-order valence-electron chi connectivity index (χ3n) is 5.77. The van der Waals surface area contributed by atoms with E-state index in [4.69, 9.17) is 14.5 Å². The van der Waals surface area contributed by atoms with E-state index < -0.39 is 17.7 Å². The summed E-state index contributed by atoms with van der Waals surface area (Å²) >= 11 is 0. The minimum absolute atomic E-state index is 0.140. The number of aromatic nitrogens is 3. The Bertz CT molecular complexity index is 1120. The number of imidazole rings is 1. The van der Waals surface area contributed by atoms with Crippen LogP contribution in [-0.2, 0) is 17.3 Å². The van der Waals surface area contributed by atoms with Crippen molar-refractivity contribution in [3.8, 4) is 5.75 Å². The highest BCUT2D eigenvalue weighted by Gasteiger charge is 2.33. The van der Waals surface area contributed by atoms with Crippen molar-refractivity contribution in [1.29, 1.82) is 0 Å². The van der Waals surface area contributed by atoms with E-state index in [1.165, 1.54) is 12.1 Å². The number of Topliss-reactive ketones (excluding diaryl/α,β-unsaturated/α-hetero) is 1. The van der Waals surface area contributed by atoms with Crippen molar-refractivity contribution in [1.82, 2.24) is 14.4 Å². The highest BCUT2D eigenvalue weighted by molar-refractivity contribution is 5.96. The third kappa shape index (κ3) is 4.62. The van der Waals surface area contributed by atoms with E-state index in [2.05, 4.69) is 11.9 Å². The average Bonchev–Trinajstić information content (AvgIpc) is 3.43. The summed E-state index contributed by atoms with van der Waals surface area (Å²) in [6, 6.07) is 5.08. The molecule has 0 amide bonds. The van der Waals surface area contributed by atoms with Gasteiger partial charge in [-0.3, -0.25) is 4.79 Å². The van der Waals surface area contributed by atoms with Gasteiger partial charge in [-0.15, -0.1) is 0 Å². The molecule has 4 rings (SSSR count). The zero-order valence-corrected chi connectivity index (χ0v) is 17.9. The lowest BCUT2D eigenvalue weighted by Crippen LogP contribution is -2.13. The predicted molar refractivity (Wildman–Crippen MR) is 111 cm³/mol. The normalized spacial score (nSPS) is 17.6. The maximum Gasteiger partial charge on any atom is 0.433 e. The van der Waals surface area contributed by atoms with Gasteiger partial charge in [0.1, 0.15) is 22.8 Å². The van der Waals surface area contributed by atoms with Gasteiger partial charge in [0.05, 0.1) is 18.9 Å². The standard InChI is InChI=1S/C23H24F3N3O3/c1-3-32-20-10-22-28-18(14(2)15-7-8-31-13-15)12-29(22)11-16(20)9-19(30)17-5-4-6-21(27-17)23(24,25)26/h4-6,10-12,14-15H,3,7-9,13H2,1-2H3/t14-,15-/m1/s1. The van der Waals surface area contributed by atoms with Crippen LogP contribution in [-0.4, -0.2) is 40.0 Å². The highest BCUT2D eigenvalue weighted by Crippen LogP contribution is 2.32.